The number of aromatic nitrogens is 2. The van der Waals surface area contributed by atoms with Crippen molar-refractivity contribution in [2.75, 3.05) is 20.3 Å². The molecule has 2 unspecified atom stereocenters. The van der Waals surface area contributed by atoms with E-state index >= 15 is 0 Å². The lowest BCUT2D eigenvalue weighted by Gasteiger charge is -2.17. The van der Waals surface area contributed by atoms with Gasteiger partial charge in [0.1, 0.15) is 5.69 Å². The van der Waals surface area contributed by atoms with E-state index < -0.39 is 0 Å². The molecule has 2 atom stereocenters. The molecule has 5 nitrogen and oxygen atoms in total. The summed E-state index contributed by atoms with van der Waals surface area (Å²) in [5.74, 6) is 1.77. The maximum Gasteiger partial charge on any atom is 0.237 e. The molecular weight excluding hydrogens is 274 g/mol. The number of hydrogen-bond donors (Lipinski definition) is 2. The highest BCUT2D eigenvalue weighted by molar-refractivity contribution is 7.15. The van der Waals surface area contributed by atoms with Crippen LogP contribution in [0.1, 0.15) is 25.0 Å². The van der Waals surface area contributed by atoms with Gasteiger partial charge in [-0.05, 0) is 31.2 Å². The molecule has 2 N–H and O–H groups in total. The number of nitrogens with zero attached hydrogens (tertiary/aromatic N) is 2. The molecule has 1 aliphatic carbocycles. The molecule has 20 heavy (non-hydrogen) atoms. The maximum absolute atomic E-state index is 9.35. The fourth-order valence-corrected chi connectivity index (χ4v) is 3.86. The third-order valence-corrected chi connectivity index (χ3v) is 5.02. The van der Waals surface area contributed by atoms with E-state index in [4.69, 9.17) is 4.74 Å². The van der Waals surface area contributed by atoms with Crippen LogP contribution in [0.3, 0.4) is 0 Å². The zero-order chi connectivity index (χ0) is 13.9. The molecule has 0 bridgehead atoms. The fourth-order valence-electron chi connectivity index (χ4n) is 3.14. The second kappa shape index (κ2) is 6.11. The largest absolute Gasteiger partial charge is 0.480 e. The molecule has 0 radical (unpaired) electrons. The average molecular weight is 295 g/mol. The highest BCUT2D eigenvalue weighted by Crippen LogP contribution is 2.31. The molecule has 0 saturated heterocycles. The number of aliphatic hydroxyl groups excluding tert-OH is 1. The lowest BCUT2D eigenvalue weighted by molar-refractivity contribution is 0.192. The van der Waals surface area contributed by atoms with E-state index in [1.54, 1.807) is 18.4 Å². The summed E-state index contributed by atoms with van der Waals surface area (Å²) < 4.78 is 7.43. The van der Waals surface area contributed by atoms with Gasteiger partial charge in [0.2, 0.25) is 5.88 Å². The summed E-state index contributed by atoms with van der Waals surface area (Å²) in [6.45, 7) is 2.01. The Kier molecular flexibility index (Phi) is 4.24. The molecule has 2 aromatic heterocycles. The summed E-state index contributed by atoms with van der Waals surface area (Å²) in [4.78, 5) is 5.42. The predicted octanol–water partition coefficient (Wildman–Crippen LogP) is 1.90. The summed E-state index contributed by atoms with van der Waals surface area (Å²) in [6.07, 6.45) is 5.64. The lowest BCUT2D eigenvalue weighted by Crippen LogP contribution is -2.27. The Morgan fingerprint density at radius 1 is 1.50 bits per heavy atom. The average Bonchev–Trinajstić information content (AvgIpc) is 3.14. The third kappa shape index (κ3) is 2.55. The second-order valence-corrected chi connectivity index (χ2v) is 6.26. The van der Waals surface area contributed by atoms with Crippen LogP contribution in [0.2, 0.25) is 0 Å². The van der Waals surface area contributed by atoms with Crippen molar-refractivity contribution in [3.63, 3.8) is 0 Å². The minimum absolute atomic E-state index is 0.317. The molecule has 1 saturated carbocycles. The van der Waals surface area contributed by atoms with Gasteiger partial charge in [0.05, 0.1) is 7.11 Å². The second-order valence-electron chi connectivity index (χ2n) is 5.39. The normalized spacial score (nSPS) is 22.7. The van der Waals surface area contributed by atoms with Crippen LogP contribution in [0.25, 0.3) is 4.96 Å². The SMILES string of the molecule is COc1nc2sccn2c1CNCC1CCCC1CO. The van der Waals surface area contributed by atoms with Gasteiger partial charge in [-0.25, -0.2) is 0 Å². The Hall–Kier alpha value is -1.11. The molecule has 1 fully saturated rings. The van der Waals surface area contributed by atoms with Gasteiger partial charge in [0.15, 0.2) is 4.96 Å². The zero-order valence-corrected chi connectivity index (χ0v) is 12.5. The number of nitrogens with one attached hydrogen (secondary N) is 1. The van der Waals surface area contributed by atoms with Gasteiger partial charge in [0, 0.05) is 24.7 Å². The van der Waals surface area contributed by atoms with Crippen molar-refractivity contribution in [2.45, 2.75) is 25.8 Å². The van der Waals surface area contributed by atoms with Gasteiger partial charge < -0.3 is 15.2 Å². The van der Waals surface area contributed by atoms with Crippen LogP contribution in [0.15, 0.2) is 11.6 Å². The number of thiazole rings is 1. The van der Waals surface area contributed by atoms with Crippen molar-refractivity contribution in [1.82, 2.24) is 14.7 Å². The Bertz CT molecular complexity index is 566. The first-order valence-electron chi connectivity index (χ1n) is 7.13. The number of ether oxygens (including phenoxy) is 1. The van der Waals surface area contributed by atoms with Crippen molar-refractivity contribution in [3.05, 3.63) is 17.3 Å². The minimum Gasteiger partial charge on any atom is -0.480 e. The Balaban J connectivity index is 1.63. The molecule has 2 aromatic rings. The van der Waals surface area contributed by atoms with Crippen LogP contribution in [0, 0.1) is 11.8 Å². The number of hydrogen-bond acceptors (Lipinski definition) is 5. The van der Waals surface area contributed by atoms with Crippen molar-refractivity contribution >= 4 is 16.3 Å². The molecule has 110 valence electrons. The molecule has 0 aliphatic heterocycles. The molecule has 2 heterocycles. The van der Waals surface area contributed by atoms with E-state index in [1.165, 1.54) is 12.8 Å². The van der Waals surface area contributed by atoms with Crippen LogP contribution in [-0.4, -0.2) is 34.8 Å². The predicted molar refractivity (Wildman–Crippen MR) is 79.2 cm³/mol. The van der Waals surface area contributed by atoms with Crippen molar-refractivity contribution in [1.29, 1.82) is 0 Å². The Morgan fingerprint density at radius 3 is 3.15 bits per heavy atom. The summed E-state index contributed by atoms with van der Waals surface area (Å²) >= 11 is 1.61. The topological polar surface area (TPSA) is 58.8 Å². The summed E-state index contributed by atoms with van der Waals surface area (Å²) in [5, 5.41) is 14.9. The third-order valence-electron chi connectivity index (χ3n) is 4.27. The standard InChI is InChI=1S/C14H21N3O2S/c1-19-13-12(17-5-6-20-14(17)16-13)8-15-7-10-3-2-4-11(10)9-18/h5-6,10-11,15,18H,2-4,7-9H2,1H3. The number of fused-ring (bicyclic) bond motifs is 1. The Labute approximate surface area is 122 Å². The molecule has 0 spiro atoms. The van der Waals surface area contributed by atoms with Crippen LogP contribution >= 0.6 is 11.3 Å². The van der Waals surface area contributed by atoms with Gasteiger partial charge >= 0.3 is 0 Å². The van der Waals surface area contributed by atoms with Crippen LogP contribution in [-0.2, 0) is 6.54 Å². The van der Waals surface area contributed by atoms with E-state index in [0.717, 1.165) is 30.2 Å². The fraction of sp³-hybridized carbons (Fsp3) is 0.643. The van der Waals surface area contributed by atoms with Crippen LogP contribution < -0.4 is 10.1 Å². The van der Waals surface area contributed by atoms with Gasteiger partial charge in [-0.2, -0.15) is 4.98 Å². The van der Waals surface area contributed by atoms with E-state index in [0.29, 0.717) is 24.3 Å². The Morgan fingerprint density at radius 2 is 2.35 bits per heavy atom. The van der Waals surface area contributed by atoms with Crippen LogP contribution in [0.4, 0.5) is 0 Å². The maximum atomic E-state index is 9.35. The van der Waals surface area contributed by atoms with Gasteiger partial charge in [-0.15, -0.1) is 11.3 Å². The first-order chi connectivity index (χ1) is 9.83. The molecule has 1 aliphatic rings. The zero-order valence-electron chi connectivity index (χ0n) is 11.7. The quantitative estimate of drug-likeness (QED) is 0.854. The van der Waals surface area contributed by atoms with E-state index in [1.807, 2.05) is 11.6 Å². The van der Waals surface area contributed by atoms with E-state index in [9.17, 15) is 5.11 Å². The first kappa shape index (κ1) is 13.9. The van der Waals surface area contributed by atoms with Gasteiger partial charge in [0.25, 0.3) is 0 Å². The van der Waals surface area contributed by atoms with E-state index in [2.05, 4.69) is 14.7 Å². The first-order valence-corrected chi connectivity index (χ1v) is 8.01. The van der Waals surface area contributed by atoms with Crippen molar-refractivity contribution in [2.24, 2.45) is 11.8 Å². The summed E-state index contributed by atoms with van der Waals surface area (Å²) in [6, 6.07) is 0. The van der Waals surface area contributed by atoms with Crippen molar-refractivity contribution < 1.29 is 9.84 Å². The summed E-state index contributed by atoms with van der Waals surface area (Å²) in [5.41, 5.74) is 1.07. The van der Waals surface area contributed by atoms with Crippen LogP contribution in [0.5, 0.6) is 5.88 Å². The smallest absolute Gasteiger partial charge is 0.237 e. The molecular formula is C14H21N3O2S. The molecule has 6 heteroatoms. The van der Waals surface area contributed by atoms with Gasteiger partial charge in [-0.3, -0.25) is 4.40 Å². The number of aliphatic hydroxyl groups is 1. The number of imidazole rings is 1. The molecule has 0 aromatic carbocycles. The van der Waals surface area contributed by atoms with Crippen molar-refractivity contribution in [3.8, 4) is 5.88 Å². The number of methoxy groups -OCH3 is 1. The monoisotopic (exact) mass is 295 g/mol. The highest BCUT2D eigenvalue weighted by Gasteiger charge is 2.26. The highest BCUT2D eigenvalue weighted by atomic mass is 32.1. The number of rotatable bonds is 6. The molecule has 3 rings (SSSR count). The van der Waals surface area contributed by atoms with Gasteiger partial charge in [-0.1, -0.05) is 6.42 Å². The van der Waals surface area contributed by atoms with E-state index in [-0.39, 0.29) is 0 Å². The molecule has 0 amide bonds. The summed E-state index contributed by atoms with van der Waals surface area (Å²) in [7, 11) is 1.66. The lowest BCUT2D eigenvalue weighted by atomic mass is 9.97. The minimum atomic E-state index is 0.317.